The number of halogens is 1. The second-order valence-electron chi connectivity index (χ2n) is 5.90. The minimum atomic E-state index is 0.410. The molecule has 6 heteroatoms. The molecule has 0 radical (unpaired) electrons. The molecule has 1 fully saturated rings. The summed E-state index contributed by atoms with van der Waals surface area (Å²) in [5.41, 5.74) is 1.21. The molecule has 1 aromatic heterocycles. The second-order valence-corrected chi connectivity index (χ2v) is 6.34. The maximum Gasteiger partial charge on any atom is 0.165 e. The lowest BCUT2D eigenvalue weighted by molar-refractivity contribution is 0.194. The fourth-order valence-corrected chi connectivity index (χ4v) is 2.60. The average molecular weight is 306 g/mol. The van der Waals surface area contributed by atoms with Crippen LogP contribution in [0.15, 0.2) is 24.3 Å². The number of benzene rings is 1. The normalized spacial score (nSPS) is 15.1. The van der Waals surface area contributed by atoms with Crippen molar-refractivity contribution in [2.75, 3.05) is 0 Å². The van der Waals surface area contributed by atoms with Crippen molar-refractivity contribution in [1.82, 2.24) is 25.1 Å². The number of aromatic nitrogens is 4. The van der Waals surface area contributed by atoms with Gasteiger partial charge in [0.05, 0.1) is 12.6 Å². The number of rotatable bonds is 6. The molecule has 5 nitrogen and oxygen atoms in total. The summed E-state index contributed by atoms with van der Waals surface area (Å²) in [7, 11) is 0. The van der Waals surface area contributed by atoms with Gasteiger partial charge in [0.25, 0.3) is 0 Å². The molecule has 0 N–H and O–H groups in total. The summed E-state index contributed by atoms with van der Waals surface area (Å²) < 4.78 is 1.98. The second kappa shape index (κ2) is 6.12. The molecule has 0 unspecified atom stereocenters. The lowest BCUT2D eigenvalue weighted by Crippen LogP contribution is -2.31. The molecule has 112 valence electrons. The van der Waals surface area contributed by atoms with E-state index in [4.69, 9.17) is 11.6 Å². The predicted molar refractivity (Wildman–Crippen MR) is 81.9 cm³/mol. The summed E-state index contributed by atoms with van der Waals surface area (Å²) in [5, 5.41) is 12.9. The van der Waals surface area contributed by atoms with E-state index in [1.807, 2.05) is 22.9 Å². The van der Waals surface area contributed by atoms with E-state index < -0.39 is 0 Å². The van der Waals surface area contributed by atoms with Crippen LogP contribution in [0.5, 0.6) is 0 Å². The highest BCUT2D eigenvalue weighted by molar-refractivity contribution is 6.30. The lowest BCUT2D eigenvalue weighted by Gasteiger charge is -2.26. The van der Waals surface area contributed by atoms with E-state index in [1.54, 1.807) is 0 Å². The van der Waals surface area contributed by atoms with Crippen molar-refractivity contribution >= 4 is 11.6 Å². The molecule has 0 spiro atoms. The topological polar surface area (TPSA) is 46.8 Å². The molecule has 1 aromatic carbocycles. The molecule has 2 aromatic rings. The first-order valence-corrected chi connectivity index (χ1v) is 7.76. The van der Waals surface area contributed by atoms with Gasteiger partial charge in [-0.05, 0) is 54.8 Å². The SMILES string of the molecule is CC(C)N(Cc1cccc(Cl)c1)Cc1nnnn1C1CC1. The van der Waals surface area contributed by atoms with Gasteiger partial charge in [-0.25, -0.2) is 4.68 Å². The first-order valence-electron chi connectivity index (χ1n) is 7.38. The summed E-state index contributed by atoms with van der Waals surface area (Å²) in [5.74, 6) is 0.952. The van der Waals surface area contributed by atoms with E-state index >= 15 is 0 Å². The zero-order valence-corrected chi connectivity index (χ0v) is 13.2. The molecule has 1 saturated carbocycles. The first-order chi connectivity index (χ1) is 10.1. The Kier molecular flexibility index (Phi) is 4.22. The predicted octanol–water partition coefficient (Wildman–Crippen LogP) is 3.07. The Labute approximate surface area is 129 Å². The fraction of sp³-hybridized carbons (Fsp3) is 0.533. The third-order valence-corrected chi connectivity index (χ3v) is 4.04. The van der Waals surface area contributed by atoms with Gasteiger partial charge in [-0.1, -0.05) is 23.7 Å². The van der Waals surface area contributed by atoms with E-state index in [1.165, 1.54) is 18.4 Å². The number of tetrazole rings is 1. The Balaban J connectivity index is 1.73. The van der Waals surface area contributed by atoms with E-state index in [0.29, 0.717) is 12.1 Å². The van der Waals surface area contributed by atoms with Crippen LogP contribution in [0.25, 0.3) is 0 Å². The molecule has 21 heavy (non-hydrogen) atoms. The molecule has 1 aliphatic carbocycles. The van der Waals surface area contributed by atoms with Crippen LogP contribution in [0.4, 0.5) is 0 Å². The highest BCUT2D eigenvalue weighted by Crippen LogP contribution is 2.34. The molecular weight excluding hydrogens is 286 g/mol. The van der Waals surface area contributed by atoms with E-state index in [9.17, 15) is 0 Å². The van der Waals surface area contributed by atoms with Crippen LogP contribution in [0.1, 0.15) is 44.1 Å². The van der Waals surface area contributed by atoms with Crippen LogP contribution in [0.2, 0.25) is 5.02 Å². The van der Waals surface area contributed by atoms with E-state index in [2.05, 4.69) is 40.3 Å². The molecule has 1 aliphatic rings. The van der Waals surface area contributed by atoms with Crippen LogP contribution in [0, 0.1) is 0 Å². The van der Waals surface area contributed by atoms with Crippen molar-refractivity contribution in [2.24, 2.45) is 0 Å². The van der Waals surface area contributed by atoms with Crippen molar-refractivity contribution < 1.29 is 0 Å². The lowest BCUT2D eigenvalue weighted by atomic mass is 10.2. The zero-order chi connectivity index (χ0) is 14.8. The van der Waals surface area contributed by atoms with Crippen LogP contribution in [-0.4, -0.2) is 31.1 Å². The summed E-state index contributed by atoms with van der Waals surface area (Å²) in [4.78, 5) is 2.36. The van der Waals surface area contributed by atoms with Gasteiger partial charge in [0.2, 0.25) is 0 Å². The molecule has 0 atom stereocenters. The quantitative estimate of drug-likeness (QED) is 0.823. The fourth-order valence-electron chi connectivity index (χ4n) is 2.39. The maximum absolute atomic E-state index is 6.07. The zero-order valence-electron chi connectivity index (χ0n) is 12.4. The first kappa shape index (κ1) is 14.5. The van der Waals surface area contributed by atoms with Crippen LogP contribution < -0.4 is 0 Å². The Bertz CT molecular complexity index is 606. The van der Waals surface area contributed by atoms with Crippen molar-refractivity contribution in [3.63, 3.8) is 0 Å². The Hall–Kier alpha value is -1.46. The summed E-state index contributed by atoms with van der Waals surface area (Å²) in [6.45, 7) is 5.98. The molecule has 0 amide bonds. The maximum atomic E-state index is 6.07. The Morgan fingerprint density at radius 1 is 1.33 bits per heavy atom. The minimum Gasteiger partial charge on any atom is -0.289 e. The average Bonchev–Trinajstić information content (AvgIpc) is 3.18. The third-order valence-electron chi connectivity index (χ3n) is 3.80. The third kappa shape index (κ3) is 3.60. The van der Waals surface area contributed by atoms with Gasteiger partial charge in [0.15, 0.2) is 5.82 Å². The highest BCUT2D eigenvalue weighted by Gasteiger charge is 2.28. The largest absolute Gasteiger partial charge is 0.289 e. The standard InChI is InChI=1S/C15H20ClN5/c1-11(2)20(9-12-4-3-5-13(16)8-12)10-15-17-18-19-21(15)14-6-7-14/h3-5,8,11,14H,6-7,9-10H2,1-2H3. The molecular formula is C15H20ClN5. The number of hydrogen-bond donors (Lipinski definition) is 0. The van der Waals surface area contributed by atoms with Gasteiger partial charge in [-0.15, -0.1) is 5.10 Å². The summed E-state index contributed by atoms with van der Waals surface area (Å²) in [6.07, 6.45) is 2.38. The minimum absolute atomic E-state index is 0.410. The van der Waals surface area contributed by atoms with Crippen LogP contribution >= 0.6 is 11.6 Å². The number of nitrogens with zero attached hydrogens (tertiary/aromatic N) is 5. The van der Waals surface area contributed by atoms with Crippen molar-refractivity contribution in [3.8, 4) is 0 Å². The molecule has 1 heterocycles. The Morgan fingerprint density at radius 3 is 2.81 bits per heavy atom. The van der Waals surface area contributed by atoms with Crippen LogP contribution in [0.3, 0.4) is 0 Å². The summed E-state index contributed by atoms with van der Waals surface area (Å²) in [6, 6.07) is 8.93. The van der Waals surface area contributed by atoms with Gasteiger partial charge in [-0.3, -0.25) is 4.90 Å². The van der Waals surface area contributed by atoms with Gasteiger partial charge >= 0.3 is 0 Å². The Morgan fingerprint density at radius 2 is 2.14 bits per heavy atom. The van der Waals surface area contributed by atoms with Crippen molar-refractivity contribution in [3.05, 3.63) is 40.7 Å². The van der Waals surface area contributed by atoms with Gasteiger partial charge < -0.3 is 0 Å². The van der Waals surface area contributed by atoms with Gasteiger partial charge in [-0.2, -0.15) is 0 Å². The van der Waals surface area contributed by atoms with E-state index in [-0.39, 0.29) is 0 Å². The van der Waals surface area contributed by atoms with E-state index in [0.717, 1.165) is 23.9 Å². The van der Waals surface area contributed by atoms with Crippen molar-refractivity contribution in [2.45, 2.75) is 51.9 Å². The summed E-state index contributed by atoms with van der Waals surface area (Å²) >= 11 is 6.07. The molecule has 3 rings (SSSR count). The smallest absolute Gasteiger partial charge is 0.165 e. The highest BCUT2D eigenvalue weighted by atomic mass is 35.5. The van der Waals surface area contributed by atoms with Crippen LogP contribution in [-0.2, 0) is 13.1 Å². The monoisotopic (exact) mass is 305 g/mol. The molecule has 0 aliphatic heterocycles. The van der Waals surface area contributed by atoms with Crippen molar-refractivity contribution in [1.29, 1.82) is 0 Å². The van der Waals surface area contributed by atoms with Gasteiger partial charge in [0, 0.05) is 17.6 Å². The van der Waals surface area contributed by atoms with Gasteiger partial charge in [0.1, 0.15) is 0 Å². The number of hydrogen-bond acceptors (Lipinski definition) is 4. The molecule has 0 saturated heterocycles. The molecule has 0 bridgehead atoms.